The number of methoxy groups -OCH3 is 3. The summed E-state index contributed by atoms with van der Waals surface area (Å²) in [4.78, 5) is 26.5. The SMILES string of the molecule is COC(=O)C1=C(C[NH+]2CCCC[C@@H]2C)NC(=O)N[C@H]1c1ccc(OC)c(OC)c1. The van der Waals surface area contributed by atoms with Crippen LogP contribution in [0.15, 0.2) is 29.5 Å². The second kappa shape index (κ2) is 9.17. The molecular formula is C21H30N3O5+. The first-order chi connectivity index (χ1) is 14.0. The van der Waals surface area contributed by atoms with E-state index in [2.05, 4.69) is 17.6 Å². The maximum absolute atomic E-state index is 12.7. The van der Waals surface area contributed by atoms with Gasteiger partial charge in [-0.05, 0) is 43.9 Å². The number of hydrogen-bond donors (Lipinski definition) is 3. The van der Waals surface area contributed by atoms with Gasteiger partial charge < -0.3 is 29.7 Å². The predicted octanol–water partition coefficient (Wildman–Crippen LogP) is 0.942. The number of hydrogen-bond acceptors (Lipinski definition) is 5. The fourth-order valence-electron chi connectivity index (χ4n) is 4.13. The van der Waals surface area contributed by atoms with Crippen molar-refractivity contribution in [3.8, 4) is 11.5 Å². The second-order valence-electron chi connectivity index (χ2n) is 7.51. The van der Waals surface area contributed by atoms with E-state index in [-0.39, 0.29) is 6.03 Å². The van der Waals surface area contributed by atoms with E-state index in [4.69, 9.17) is 14.2 Å². The number of carbonyl (C=O) groups excluding carboxylic acids is 2. The number of nitrogens with one attached hydrogen (secondary N) is 3. The zero-order chi connectivity index (χ0) is 21.0. The zero-order valence-corrected chi connectivity index (χ0v) is 17.5. The molecule has 1 fully saturated rings. The Bertz CT molecular complexity index is 808. The van der Waals surface area contributed by atoms with Gasteiger partial charge in [0.15, 0.2) is 11.5 Å². The lowest BCUT2D eigenvalue weighted by Gasteiger charge is -2.34. The van der Waals surface area contributed by atoms with Crippen molar-refractivity contribution >= 4 is 12.0 Å². The highest BCUT2D eigenvalue weighted by Crippen LogP contribution is 2.34. The average Bonchev–Trinajstić information content (AvgIpc) is 2.74. The first kappa shape index (κ1) is 21.0. The third-order valence-corrected chi connectivity index (χ3v) is 5.79. The van der Waals surface area contributed by atoms with Gasteiger partial charge in [0, 0.05) is 0 Å². The number of rotatable bonds is 6. The van der Waals surface area contributed by atoms with Crippen LogP contribution in [0.3, 0.4) is 0 Å². The molecule has 1 saturated heterocycles. The largest absolute Gasteiger partial charge is 0.493 e. The van der Waals surface area contributed by atoms with Crippen molar-refractivity contribution in [2.45, 2.75) is 38.3 Å². The Hall–Kier alpha value is -2.74. The third kappa shape index (κ3) is 4.48. The fourth-order valence-corrected chi connectivity index (χ4v) is 4.13. The molecule has 0 aromatic heterocycles. The molecule has 158 valence electrons. The van der Waals surface area contributed by atoms with Crippen LogP contribution < -0.4 is 25.0 Å². The summed E-state index contributed by atoms with van der Waals surface area (Å²) in [6.45, 7) is 3.80. The molecule has 1 aromatic rings. The minimum atomic E-state index is -0.634. The van der Waals surface area contributed by atoms with E-state index in [1.807, 2.05) is 6.07 Å². The highest BCUT2D eigenvalue weighted by molar-refractivity contribution is 5.95. The molecule has 8 heteroatoms. The maximum Gasteiger partial charge on any atom is 0.338 e. The van der Waals surface area contributed by atoms with Gasteiger partial charge in [-0.2, -0.15) is 0 Å². The molecule has 0 bridgehead atoms. The quantitative estimate of drug-likeness (QED) is 0.614. The predicted molar refractivity (Wildman–Crippen MR) is 107 cm³/mol. The highest BCUT2D eigenvalue weighted by Gasteiger charge is 2.36. The fraction of sp³-hybridized carbons (Fsp3) is 0.524. The van der Waals surface area contributed by atoms with Crippen LogP contribution in [0, 0.1) is 0 Å². The van der Waals surface area contributed by atoms with Gasteiger partial charge in [0.05, 0.1) is 51.2 Å². The van der Waals surface area contributed by atoms with Crippen molar-refractivity contribution in [3.05, 3.63) is 35.0 Å². The number of esters is 1. The normalized spacial score (nSPS) is 24.4. The molecular weight excluding hydrogens is 374 g/mol. The smallest absolute Gasteiger partial charge is 0.338 e. The minimum Gasteiger partial charge on any atom is -0.493 e. The monoisotopic (exact) mass is 404 g/mol. The van der Waals surface area contributed by atoms with Crippen LogP contribution in [0.1, 0.15) is 37.8 Å². The zero-order valence-electron chi connectivity index (χ0n) is 17.5. The van der Waals surface area contributed by atoms with Gasteiger partial charge in [-0.3, -0.25) is 0 Å². The van der Waals surface area contributed by atoms with E-state index in [1.54, 1.807) is 26.4 Å². The van der Waals surface area contributed by atoms with E-state index in [1.165, 1.54) is 18.4 Å². The van der Waals surface area contributed by atoms with Crippen molar-refractivity contribution in [1.82, 2.24) is 10.6 Å². The lowest BCUT2D eigenvalue weighted by atomic mass is 9.94. The summed E-state index contributed by atoms with van der Waals surface area (Å²) in [6.07, 6.45) is 3.50. The highest BCUT2D eigenvalue weighted by atomic mass is 16.5. The summed E-state index contributed by atoms with van der Waals surface area (Å²) in [5.74, 6) is 0.641. The number of piperidine rings is 1. The summed E-state index contributed by atoms with van der Waals surface area (Å²) in [7, 11) is 4.46. The standard InChI is InChI=1S/C21H29N3O5/c1-13-7-5-6-10-24(13)12-15-18(20(25)29-4)19(23-21(26)22-15)14-8-9-16(27-2)17(11-14)28-3/h8-9,11,13,19H,5-7,10,12H2,1-4H3,(H2,22,23,26)/p+1/t13-,19-/m0/s1. The third-order valence-electron chi connectivity index (χ3n) is 5.79. The van der Waals surface area contributed by atoms with Crippen molar-refractivity contribution in [2.75, 3.05) is 34.4 Å². The first-order valence-corrected chi connectivity index (χ1v) is 9.93. The molecule has 3 atom stereocenters. The Morgan fingerprint density at radius 2 is 1.93 bits per heavy atom. The van der Waals surface area contributed by atoms with Crippen molar-refractivity contribution < 1.29 is 28.7 Å². The number of benzene rings is 1. The van der Waals surface area contributed by atoms with Gasteiger partial charge in [-0.1, -0.05) is 6.07 Å². The van der Waals surface area contributed by atoms with Gasteiger partial charge >= 0.3 is 12.0 Å². The molecule has 2 heterocycles. The van der Waals surface area contributed by atoms with Gasteiger partial charge in [-0.25, -0.2) is 9.59 Å². The van der Waals surface area contributed by atoms with Crippen molar-refractivity contribution in [3.63, 3.8) is 0 Å². The molecule has 2 aliphatic rings. The van der Waals surface area contributed by atoms with E-state index < -0.39 is 12.0 Å². The molecule has 29 heavy (non-hydrogen) atoms. The van der Waals surface area contributed by atoms with Gasteiger partial charge in [0.1, 0.15) is 6.54 Å². The summed E-state index contributed by atoms with van der Waals surface area (Å²) < 4.78 is 15.8. The van der Waals surface area contributed by atoms with E-state index in [0.29, 0.717) is 35.4 Å². The van der Waals surface area contributed by atoms with Crippen LogP contribution in [0.5, 0.6) is 11.5 Å². The van der Waals surface area contributed by atoms with Crippen LogP contribution in [0.25, 0.3) is 0 Å². The Kier molecular flexibility index (Phi) is 6.64. The molecule has 3 rings (SSSR count). The molecule has 0 radical (unpaired) electrons. The number of urea groups is 1. The summed E-state index contributed by atoms with van der Waals surface area (Å²) in [5.41, 5.74) is 1.76. The topological polar surface area (TPSA) is 90.3 Å². The van der Waals surface area contributed by atoms with Gasteiger partial charge in [-0.15, -0.1) is 0 Å². The molecule has 8 nitrogen and oxygen atoms in total. The maximum atomic E-state index is 12.7. The molecule has 1 aromatic carbocycles. The first-order valence-electron chi connectivity index (χ1n) is 9.93. The lowest BCUT2D eigenvalue weighted by molar-refractivity contribution is -0.924. The van der Waals surface area contributed by atoms with Crippen molar-refractivity contribution in [1.29, 1.82) is 0 Å². The number of carbonyl (C=O) groups is 2. The van der Waals surface area contributed by atoms with E-state index in [9.17, 15) is 9.59 Å². The van der Waals surface area contributed by atoms with E-state index >= 15 is 0 Å². The Labute approximate surface area is 171 Å². The van der Waals surface area contributed by atoms with Crippen LogP contribution >= 0.6 is 0 Å². The molecule has 2 aliphatic heterocycles. The molecule has 0 saturated carbocycles. The number of ether oxygens (including phenoxy) is 3. The summed E-state index contributed by atoms with van der Waals surface area (Å²) in [6, 6.07) is 4.85. The van der Waals surface area contributed by atoms with Gasteiger partial charge in [0.25, 0.3) is 0 Å². The summed E-state index contributed by atoms with van der Waals surface area (Å²) in [5, 5.41) is 5.70. The minimum absolute atomic E-state index is 0.337. The molecule has 1 unspecified atom stereocenters. The molecule has 0 spiro atoms. The van der Waals surface area contributed by atoms with Crippen molar-refractivity contribution in [2.24, 2.45) is 0 Å². The Morgan fingerprint density at radius 3 is 2.59 bits per heavy atom. The van der Waals surface area contributed by atoms with Gasteiger partial charge in [0.2, 0.25) is 0 Å². The average molecular weight is 404 g/mol. The van der Waals surface area contributed by atoms with E-state index in [0.717, 1.165) is 24.9 Å². The van der Waals surface area contributed by atoms with Crippen LogP contribution in [0.2, 0.25) is 0 Å². The number of amides is 2. The molecule has 0 aliphatic carbocycles. The number of likely N-dealkylation sites (tertiary alicyclic amines) is 1. The second-order valence-corrected chi connectivity index (χ2v) is 7.51. The summed E-state index contributed by atoms with van der Waals surface area (Å²) >= 11 is 0. The number of quaternary nitrogens is 1. The Morgan fingerprint density at radius 1 is 1.17 bits per heavy atom. The lowest BCUT2D eigenvalue weighted by Crippen LogP contribution is -3.16. The molecule has 3 N–H and O–H groups in total. The Balaban J connectivity index is 2.02. The van der Waals surface area contributed by atoms with Crippen LogP contribution in [0.4, 0.5) is 4.79 Å². The van der Waals surface area contributed by atoms with Crippen LogP contribution in [-0.2, 0) is 9.53 Å². The molecule has 2 amide bonds. The van der Waals surface area contributed by atoms with Crippen LogP contribution in [-0.4, -0.2) is 52.5 Å².